The lowest BCUT2D eigenvalue weighted by Crippen LogP contribution is -2.51. The van der Waals surface area contributed by atoms with Gasteiger partial charge in [0.15, 0.2) is 17.4 Å². The number of anilines is 2. The number of pyridine rings is 1. The number of nitrogens with two attached hydrogens (primary N) is 1. The Morgan fingerprint density at radius 3 is 2.63 bits per heavy atom. The number of piperidine rings is 1. The molecule has 3 aromatic rings. The molecule has 1 amide bonds. The van der Waals surface area contributed by atoms with Crippen molar-refractivity contribution in [3.8, 4) is 22.9 Å². The minimum absolute atomic E-state index is 0.0900. The third kappa shape index (κ3) is 6.21. The Morgan fingerprint density at radius 1 is 1.13 bits per heavy atom. The number of alkyl halides is 1. The highest BCUT2D eigenvalue weighted by atomic mass is 19.2. The number of ether oxygens (including phenoxy) is 2. The Bertz CT molecular complexity index is 1340. The van der Waals surface area contributed by atoms with Crippen molar-refractivity contribution in [2.24, 2.45) is 0 Å². The van der Waals surface area contributed by atoms with Gasteiger partial charge in [0.1, 0.15) is 17.5 Å². The lowest BCUT2D eigenvalue weighted by Gasteiger charge is -2.36. The first-order valence-electron chi connectivity index (χ1n) is 11.7. The van der Waals surface area contributed by atoms with Crippen molar-refractivity contribution in [1.29, 1.82) is 0 Å². The number of halogens is 4. The summed E-state index contributed by atoms with van der Waals surface area (Å²) in [4.78, 5) is 26.3. The van der Waals surface area contributed by atoms with Gasteiger partial charge >= 0.3 is 6.09 Å². The molecule has 0 bridgehead atoms. The summed E-state index contributed by atoms with van der Waals surface area (Å²) in [6.45, 7) is 5.25. The van der Waals surface area contributed by atoms with Crippen LogP contribution in [0.3, 0.4) is 0 Å². The summed E-state index contributed by atoms with van der Waals surface area (Å²) in [7, 11) is 0. The predicted octanol–water partition coefficient (Wildman–Crippen LogP) is 5.09. The molecular formula is C25H26F4N6O3. The first-order chi connectivity index (χ1) is 17.9. The van der Waals surface area contributed by atoms with Crippen molar-refractivity contribution in [2.75, 3.05) is 24.1 Å². The van der Waals surface area contributed by atoms with Crippen molar-refractivity contribution in [3.63, 3.8) is 0 Å². The van der Waals surface area contributed by atoms with Crippen LogP contribution < -0.4 is 15.8 Å². The average Bonchev–Trinajstić information content (AvgIpc) is 2.85. The zero-order chi connectivity index (χ0) is 27.6. The Labute approximate surface area is 216 Å². The second-order valence-corrected chi connectivity index (χ2v) is 9.68. The minimum atomic E-state index is -1.58. The van der Waals surface area contributed by atoms with Crippen molar-refractivity contribution < 1.29 is 31.8 Å². The Balaban J connectivity index is 1.55. The van der Waals surface area contributed by atoms with Gasteiger partial charge in [0.05, 0.1) is 17.8 Å². The Hall–Kier alpha value is -4.16. The van der Waals surface area contributed by atoms with Crippen molar-refractivity contribution in [1.82, 2.24) is 19.9 Å². The quantitative estimate of drug-likeness (QED) is 0.264. The molecule has 9 nitrogen and oxygen atoms in total. The van der Waals surface area contributed by atoms with Gasteiger partial charge in [-0.3, -0.25) is 0 Å². The van der Waals surface area contributed by atoms with E-state index < -0.39 is 52.8 Å². The van der Waals surface area contributed by atoms with E-state index >= 15 is 0 Å². The minimum Gasteiger partial charge on any atom is -0.444 e. The highest BCUT2D eigenvalue weighted by Crippen LogP contribution is 2.34. The second-order valence-electron chi connectivity index (χ2n) is 9.68. The fraction of sp³-hybridized carbons (Fsp3) is 0.360. The smallest absolute Gasteiger partial charge is 0.410 e. The molecule has 1 fully saturated rings. The summed E-state index contributed by atoms with van der Waals surface area (Å²) in [5.41, 5.74) is 4.03. The maximum Gasteiger partial charge on any atom is 0.410 e. The summed E-state index contributed by atoms with van der Waals surface area (Å²) < 4.78 is 67.3. The Morgan fingerprint density at radius 2 is 1.89 bits per heavy atom. The maximum atomic E-state index is 14.5. The SMILES string of the molecule is CC(C)(C)OC(=O)N1CC(Nc2nccc(-c3cccnc3Oc3cc(F)c(N)c(F)c3F)n2)C[C@H](F)C1. The molecule has 0 aliphatic carbocycles. The van der Waals surface area contributed by atoms with Crippen LogP contribution in [-0.4, -0.2) is 56.8 Å². The van der Waals surface area contributed by atoms with E-state index in [1.54, 1.807) is 32.9 Å². The molecule has 1 unspecified atom stereocenters. The van der Waals surface area contributed by atoms with Crippen LogP contribution >= 0.6 is 0 Å². The number of nitrogens with one attached hydrogen (secondary N) is 1. The molecule has 0 saturated carbocycles. The number of benzene rings is 1. The van der Waals surface area contributed by atoms with Crippen molar-refractivity contribution in [3.05, 3.63) is 54.1 Å². The van der Waals surface area contributed by atoms with Crippen LogP contribution in [0.4, 0.5) is 34.0 Å². The lowest BCUT2D eigenvalue weighted by molar-refractivity contribution is 0.0124. The number of hydrogen-bond donors (Lipinski definition) is 2. The van der Waals surface area contributed by atoms with E-state index in [4.69, 9.17) is 15.2 Å². The molecule has 38 heavy (non-hydrogen) atoms. The molecular weight excluding hydrogens is 508 g/mol. The first kappa shape index (κ1) is 26.9. The number of aromatic nitrogens is 3. The number of carbonyl (C=O) groups is 1. The molecule has 1 aliphatic rings. The molecule has 13 heteroatoms. The van der Waals surface area contributed by atoms with E-state index in [2.05, 4.69) is 20.3 Å². The van der Waals surface area contributed by atoms with Crippen LogP contribution in [-0.2, 0) is 4.74 Å². The van der Waals surface area contributed by atoms with Gasteiger partial charge in [-0.2, -0.15) is 4.39 Å². The van der Waals surface area contributed by atoms with Gasteiger partial charge in [0.2, 0.25) is 17.6 Å². The molecule has 1 aromatic carbocycles. The summed E-state index contributed by atoms with van der Waals surface area (Å²) in [6.07, 6.45) is 0.968. The number of nitrogen functional groups attached to an aromatic ring is 1. The van der Waals surface area contributed by atoms with Gasteiger partial charge in [-0.05, 0) is 39.0 Å². The van der Waals surface area contributed by atoms with Gasteiger partial charge in [-0.1, -0.05) is 0 Å². The van der Waals surface area contributed by atoms with E-state index in [0.717, 1.165) is 0 Å². The number of rotatable bonds is 5. The predicted molar refractivity (Wildman–Crippen MR) is 131 cm³/mol. The number of carbonyl (C=O) groups excluding carboxylic acids is 1. The average molecular weight is 535 g/mol. The largest absolute Gasteiger partial charge is 0.444 e. The van der Waals surface area contributed by atoms with Crippen molar-refractivity contribution >= 4 is 17.7 Å². The number of likely N-dealkylation sites (tertiary alicyclic amines) is 1. The standard InChI is InChI=1S/C25H26F4N6O3/c1-25(2,3)38-24(36)35-11-13(26)9-14(12-35)33-23-32-8-6-17(34-23)15-5-4-7-31-22(15)37-18-10-16(27)21(30)20(29)19(18)28/h4-8,10,13-14H,9,11-12,30H2,1-3H3,(H,32,33,34)/t13-,14?/m0/s1. The second kappa shape index (κ2) is 10.7. The fourth-order valence-corrected chi connectivity index (χ4v) is 3.81. The summed E-state index contributed by atoms with van der Waals surface area (Å²) in [5.74, 6) is -5.05. The van der Waals surface area contributed by atoms with Crippen LogP contribution in [0.25, 0.3) is 11.3 Å². The van der Waals surface area contributed by atoms with Crippen LogP contribution in [0, 0.1) is 17.5 Å². The molecule has 2 aromatic heterocycles. The van der Waals surface area contributed by atoms with Crippen LogP contribution in [0.15, 0.2) is 36.7 Å². The topological polar surface area (TPSA) is 115 Å². The van der Waals surface area contributed by atoms with E-state index in [1.807, 2.05) is 0 Å². The van der Waals surface area contributed by atoms with Crippen LogP contribution in [0.1, 0.15) is 27.2 Å². The van der Waals surface area contributed by atoms with E-state index in [-0.39, 0.29) is 42.6 Å². The zero-order valence-corrected chi connectivity index (χ0v) is 20.8. The molecule has 3 heterocycles. The highest BCUT2D eigenvalue weighted by molar-refractivity contribution is 5.69. The van der Waals surface area contributed by atoms with Gasteiger partial charge in [0.25, 0.3) is 0 Å². The number of hydrogen-bond acceptors (Lipinski definition) is 8. The molecule has 3 N–H and O–H groups in total. The van der Waals surface area contributed by atoms with E-state index in [9.17, 15) is 22.4 Å². The van der Waals surface area contributed by atoms with Crippen molar-refractivity contribution in [2.45, 2.75) is 45.0 Å². The monoisotopic (exact) mass is 534 g/mol. The van der Waals surface area contributed by atoms with Crippen LogP contribution in [0.2, 0.25) is 0 Å². The molecule has 0 radical (unpaired) electrons. The molecule has 0 spiro atoms. The molecule has 202 valence electrons. The van der Waals surface area contributed by atoms with Crippen LogP contribution in [0.5, 0.6) is 11.6 Å². The van der Waals surface area contributed by atoms with E-state index in [1.165, 1.54) is 23.4 Å². The third-order valence-electron chi connectivity index (χ3n) is 5.45. The van der Waals surface area contributed by atoms with Gasteiger partial charge in [0, 0.05) is 37.5 Å². The van der Waals surface area contributed by atoms with Gasteiger partial charge < -0.3 is 25.4 Å². The summed E-state index contributed by atoms with van der Waals surface area (Å²) in [6, 6.07) is 4.73. The van der Waals surface area contributed by atoms with Gasteiger partial charge in [-0.25, -0.2) is 32.9 Å². The number of nitrogens with zero attached hydrogens (tertiary/aromatic N) is 4. The Kier molecular flexibility index (Phi) is 7.56. The normalized spacial score (nSPS) is 17.7. The zero-order valence-electron chi connectivity index (χ0n) is 20.8. The van der Waals surface area contributed by atoms with E-state index in [0.29, 0.717) is 6.07 Å². The lowest BCUT2D eigenvalue weighted by atomic mass is 10.0. The number of amides is 1. The summed E-state index contributed by atoms with van der Waals surface area (Å²) >= 11 is 0. The highest BCUT2D eigenvalue weighted by Gasteiger charge is 2.33. The third-order valence-corrected chi connectivity index (χ3v) is 5.45. The molecule has 1 saturated heterocycles. The fourth-order valence-electron chi connectivity index (χ4n) is 3.81. The first-order valence-corrected chi connectivity index (χ1v) is 11.7. The molecule has 1 aliphatic heterocycles. The summed E-state index contributed by atoms with van der Waals surface area (Å²) in [5, 5.41) is 3.02. The molecule has 4 rings (SSSR count). The van der Waals surface area contributed by atoms with Gasteiger partial charge in [-0.15, -0.1) is 0 Å². The molecule has 2 atom stereocenters. The maximum absolute atomic E-state index is 14.5.